The van der Waals surface area contributed by atoms with Gasteiger partial charge in [-0.2, -0.15) is 0 Å². The summed E-state index contributed by atoms with van der Waals surface area (Å²) >= 11 is 3.34. The molecule has 0 aromatic heterocycles. The van der Waals surface area contributed by atoms with Crippen LogP contribution in [0.4, 0.5) is 4.39 Å². The van der Waals surface area contributed by atoms with Crippen LogP contribution >= 0.6 is 15.9 Å². The average Bonchev–Trinajstić information content (AvgIpc) is 2.26. The van der Waals surface area contributed by atoms with Gasteiger partial charge in [0.05, 0.1) is 5.56 Å². The van der Waals surface area contributed by atoms with Crippen molar-refractivity contribution in [2.24, 2.45) is 0 Å². The average molecular weight is 302 g/mol. The molecule has 0 radical (unpaired) electrons. The van der Waals surface area contributed by atoms with Crippen LogP contribution in [0.5, 0.6) is 0 Å². The Kier molecular flexibility index (Phi) is 5.62. The van der Waals surface area contributed by atoms with Crippen molar-refractivity contribution in [2.45, 2.75) is 32.7 Å². The van der Waals surface area contributed by atoms with Crippen LogP contribution < -0.4 is 5.32 Å². The number of hydrogen-bond donors (Lipinski definition) is 1. The Bertz CT molecular complexity index is 395. The SMILES string of the molecule is Cc1ccc(C(=O)NC(C)CCCBr)c(F)c1. The summed E-state index contributed by atoms with van der Waals surface area (Å²) in [5.41, 5.74) is 0.924. The number of hydrogen-bond acceptors (Lipinski definition) is 1. The predicted molar refractivity (Wildman–Crippen MR) is 71.1 cm³/mol. The number of halogens is 2. The summed E-state index contributed by atoms with van der Waals surface area (Å²) in [5, 5.41) is 3.70. The van der Waals surface area contributed by atoms with Crippen molar-refractivity contribution in [3.05, 3.63) is 35.1 Å². The minimum absolute atomic E-state index is 0.0563. The molecule has 0 saturated carbocycles. The van der Waals surface area contributed by atoms with Crippen molar-refractivity contribution in [2.75, 3.05) is 5.33 Å². The minimum atomic E-state index is -0.463. The summed E-state index contributed by atoms with van der Waals surface area (Å²) in [4.78, 5) is 11.8. The van der Waals surface area contributed by atoms with Gasteiger partial charge < -0.3 is 5.32 Å². The molecule has 1 rings (SSSR count). The van der Waals surface area contributed by atoms with Gasteiger partial charge >= 0.3 is 0 Å². The molecule has 0 saturated heterocycles. The number of nitrogens with one attached hydrogen (secondary N) is 1. The second kappa shape index (κ2) is 6.74. The summed E-state index contributed by atoms with van der Waals surface area (Å²) in [7, 11) is 0. The Balaban J connectivity index is 2.63. The van der Waals surface area contributed by atoms with Crippen molar-refractivity contribution in [1.82, 2.24) is 5.32 Å². The number of carbonyl (C=O) groups excluding carboxylic acids is 1. The monoisotopic (exact) mass is 301 g/mol. The number of aryl methyl sites for hydroxylation is 1. The van der Waals surface area contributed by atoms with Crippen LogP contribution in [-0.2, 0) is 0 Å². The maximum absolute atomic E-state index is 13.5. The highest BCUT2D eigenvalue weighted by Crippen LogP contribution is 2.10. The molecule has 0 aliphatic carbocycles. The van der Waals surface area contributed by atoms with Crippen LogP contribution in [0.2, 0.25) is 0 Å². The van der Waals surface area contributed by atoms with E-state index in [9.17, 15) is 9.18 Å². The summed E-state index contributed by atoms with van der Waals surface area (Å²) in [6.07, 6.45) is 1.86. The van der Waals surface area contributed by atoms with E-state index in [2.05, 4.69) is 21.2 Å². The zero-order chi connectivity index (χ0) is 12.8. The van der Waals surface area contributed by atoms with Gasteiger partial charge in [0.1, 0.15) is 5.82 Å². The first-order chi connectivity index (χ1) is 8.04. The normalized spacial score (nSPS) is 12.2. The molecule has 1 atom stereocenters. The lowest BCUT2D eigenvalue weighted by molar-refractivity contribution is 0.0934. The van der Waals surface area contributed by atoms with E-state index in [1.165, 1.54) is 12.1 Å². The first-order valence-electron chi connectivity index (χ1n) is 5.67. The lowest BCUT2D eigenvalue weighted by atomic mass is 10.1. The molecule has 0 heterocycles. The molecule has 0 fully saturated rings. The van der Waals surface area contributed by atoms with E-state index < -0.39 is 5.82 Å². The molecule has 1 aromatic rings. The fraction of sp³-hybridized carbons (Fsp3) is 0.462. The standard InChI is InChI=1S/C13H17BrFNO/c1-9-5-6-11(12(15)8-9)13(17)16-10(2)4-3-7-14/h5-6,8,10H,3-4,7H2,1-2H3,(H,16,17). The van der Waals surface area contributed by atoms with Gasteiger partial charge in [-0.1, -0.05) is 22.0 Å². The fourth-order valence-electron chi connectivity index (χ4n) is 1.56. The van der Waals surface area contributed by atoms with Crippen LogP contribution in [0.3, 0.4) is 0 Å². The van der Waals surface area contributed by atoms with E-state index in [0.29, 0.717) is 0 Å². The van der Waals surface area contributed by atoms with Crippen molar-refractivity contribution in [3.8, 4) is 0 Å². The lowest BCUT2D eigenvalue weighted by Crippen LogP contribution is -2.33. The highest BCUT2D eigenvalue weighted by Gasteiger charge is 2.13. The molecule has 4 heteroatoms. The Morgan fingerprint density at radius 2 is 2.24 bits per heavy atom. The predicted octanol–water partition coefficient (Wildman–Crippen LogP) is 3.43. The second-order valence-electron chi connectivity index (χ2n) is 4.19. The third-order valence-electron chi connectivity index (χ3n) is 2.52. The third-order valence-corrected chi connectivity index (χ3v) is 3.08. The molecule has 2 nitrogen and oxygen atoms in total. The third kappa shape index (κ3) is 4.46. The highest BCUT2D eigenvalue weighted by atomic mass is 79.9. The Labute approximate surface area is 110 Å². The molecular formula is C13H17BrFNO. The van der Waals surface area contributed by atoms with Crippen molar-refractivity contribution < 1.29 is 9.18 Å². The van der Waals surface area contributed by atoms with E-state index in [1.54, 1.807) is 13.0 Å². The Morgan fingerprint density at radius 1 is 1.53 bits per heavy atom. The van der Waals surface area contributed by atoms with Gasteiger partial charge in [-0.25, -0.2) is 4.39 Å². The number of alkyl halides is 1. The summed E-state index contributed by atoms with van der Waals surface area (Å²) in [6.45, 7) is 3.72. The highest BCUT2D eigenvalue weighted by molar-refractivity contribution is 9.09. The quantitative estimate of drug-likeness (QED) is 0.830. The molecule has 1 amide bonds. The van der Waals surface area contributed by atoms with Crippen molar-refractivity contribution in [3.63, 3.8) is 0 Å². The molecule has 17 heavy (non-hydrogen) atoms. The zero-order valence-electron chi connectivity index (χ0n) is 10.1. The summed E-state index contributed by atoms with van der Waals surface area (Å²) in [5.74, 6) is -0.806. The van der Waals surface area contributed by atoms with E-state index in [1.807, 2.05) is 6.92 Å². The molecule has 1 unspecified atom stereocenters. The molecule has 0 aliphatic rings. The smallest absolute Gasteiger partial charge is 0.254 e. The molecule has 0 spiro atoms. The van der Waals surface area contributed by atoms with Crippen LogP contribution in [0.15, 0.2) is 18.2 Å². The maximum Gasteiger partial charge on any atom is 0.254 e. The largest absolute Gasteiger partial charge is 0.349 e. The van der Waals surface area contributed by atoms with Gasteiger partial charge in [0, 0.05) is 11.4 Å². The number of rotatable bonds is 5. The molecule has 0 bridgehead atoms. The number of amides is 1. The van der Waals surface area contributed by atoms with E-state index in [4.69, 9.17) is 0 Å². The Hall–Kier alpha value is -0.900. The van der Waals surface area contributed by atoms with Gasteiger partial charge in [-0.3, -0.25) is 4.79 Å². The van der Waals surface area contributed by atoms with Gasteiger partial charge in [0.15, 0.2) is 0 Å². The fourth-order valence-corrected chi connectivity index (χ4v) is 1.89. The molecule has 94 valence electrons. The Morgan fingerprint density at radius 3 is 2.82 bits per heavy atom. The molecule has 0 aliphatic heterocycles. The number of benzene rings is 1. The molecular weight excluding hydrogens is 285 g/mol. The van der Waals surface area contributed by atoms with E-state index >= 15 is 0 Å². The first-order valence-corrected chi connectivity index (χ1v) is 6.79. The van der Waals surface area contributed by atoms with Crippen molar-refractivity contribution in [1.29, 1.82) is 0 Å². The summed E-state index contributed by atoms with van der Waals surface area (Å²) in [6, 6.07) is 4.69. The molecule has 1 N–H and O–H groups in total. The second-order valence-corrected chi connectivity index (χ2v) is 4.98. The first kappa shape index (κ1) is 14.2. The van der Waals surface area contributed by atoms with E-state index in [0.717, 1.165) is 23.7 Å². The molecule has 1 aromatic carbocycles. The van der Waals surface area contributed by atoms with Crippen molar-refractivity contribution >= 4 is 21.8 Å². The number of carbonyl (C=O) groups is 1. The minimum Gasteiger partial charge on any atom is -0.349 e. The van der Waals surface area contributed by atoms with Crippen LogP contribution in [0, 0.1) is 12.7 Å². The topological polar surface area (TPSA) is 29.1 Å². The van der Waals surface area contributed by atoms with E-state index in [-0.39, 0.29) is 17.5 Å². The van der Waals surface area contributed by atoms with Crippen LogP contribution in [-0.4, -0.2) is 17.3 Å². The van der Waals surface area contributed by atoms with Gasteiger partial charge in [0.2, 0.25) is 0 Å². The van der Waals surface area contributed by atoms with Gasteiger partial charge in [-0.05, 0) is 44.4 Å². The zero-order valence-corrected chi connectivity index (χ0v) is 11.7. The maximum atomic E-state index is 13.5. The van der Waals surface area contributed by atoms with Crippen LogP contribution in [0.25, 0.3) is 0 Å². The van der Waals surface area contributed by atoms with Gasteiger partial charge in [0.25, 0.3) is 5.91 Å². The summed E-state index contributed by atoms with van der Waals surface area (Å²) < 4.78 is 13.5. The van der Waals surface area contributed by atoms with Crippen LogP contribution in [0.1, 0.15) is 35.7 Å². The lowest BCUT2D eigenvalue weighted by Gasteiger charge is -2.13. The van der Waals surface area contributed by atoms with Gasteiger partial charge in [-0.15, -0.1) is 0 Å².